The van der Waals surface area contributed by atoms with Crippen molar-refractivity contribution in [2.24, 2.45) is 0 Å². The summed E-state index contributed by atoms with van der Waals surface area (Å²) in [5.74, 6) is 0. The van der Waals surface area contributed by atoms with Gasteiger partial charge in [-0.2, -0.15) is 0 Å². The Kier molecular flexibility index (Phi) is 6.05. The van der Waals surface area contributed by atoms with Gasteiger partial charge in [0.25, 0.3) is 0 Å². The number of nitrogens with zero attached hydrogens (tertiary/aromatic N) is 2. The van der Waals surface area contributed by atoms with Gasteiger partial charge in [-0.25, -0.2) is 4.79 Å². The number of aliphatic hydroxyl groups is 1. The Morgan fingerprint density at radius 3 is 2.57 bits per heavy atom. The predicted octanol–water partition coefficient (Wildman–Crippen LogP) is 1.67. The van der Waals surface area contributed by atoms with Crippen molar-refractivity contribution in [3.63, 3.8) is 0 Å². The fourth-order valence-corrected chi connectivity index (χ4v) is 2.34. The molecule has 2 rings (SSSR count). The highest BCUT2D eigenvalue weighted by molar-refractivity contribution is 5.73. The van der Waals surface area contributed by atoms with E-state index in [2.05, 4.69) is 20.6 Å². The first-order valence-electron chi connectivity index (χ1n) is 7.57. The van der Waals surface area contributed by atoms with Crippen molar-refractivity contribution in [3.05, 3.63) is 59.2 Å². The molecule has 122 valence electrons. The minimum atomic E-state index is -0.723. The molecule has 1 unspecified atom stereocenters. The van der Waals surface area contributed by atoms with E-state index >= 15 is 0 Å². The van der Waals surface area contributed by atoms with E-state index in [0.717, 1.165) is 22.4 Å². The number of carbonyl (C=O) groups is 1. The van der Waals surface area contributed by atoms with Gasteiger partial charge in [-0.1, -0.05) is 29.3 Å². The van der Waals surface area contributed by atoms with Crippen molar-refractivity contribution in [3.8, 4) is 0 Å². The summed E-state index contributed by atoms with van der Waals surface area (Å²) >= 11 is 0. The van der Waals surface area contributed by atoms with Crippen molar-refractivity contribution in [1.82, 2.24) is 20.6 Å². The molecule has 0 bridgehead atoms. The number of carbonyl (C=O) groups excluding carboxylic acids is 1. The third kappa shape index (κ3) is 5.67. The molecule has 0 aliphatic heterocycles. The number of urea groups is 1. The van der Waals surface area contributed by atoms with Crippen LogP contribution in [0, 0.1) is 13.8 Å². The van der Waals surface area contributed by atoms with Gasteiger partial charge in [0, 0.05) is 38.1 Å². The third-order valence-corrected chi connectivity index (χ3v) is 3.37. The van der Waals surface area contributed by atoms with Gasteiger partial charge in [0.15, 0.2) is 0 Å². The standard InChI is InChI=1S/C17H22N4O2/c1-12-7-13(2)9-14(8-12)16(22)11-21-17(23)20-4-3-15-10-18-5-6-19-15/h5-10,16,22H,3-4,11H2,1-2H3,(H2,20,21,23). The lowest BCUT2D eigenvalue weighted by atomic mass is 10.0. The number of amides is 2. The molecular weight excluding hydrogens is 292 g/mol. The van der Waals surface area contributed by atoms with Crippen LogP contribution in [-0.4, -0.2) is 34.2 Å². The normalized spacial score (nSPS) is 11.8. The molecule has 6 nitrogen and oxygen atoms in total. The molecular formula is C17H22N4O2. The second-order valence-corrected chi connectivity index (χ2v) is 5.52. The molecule has 0 saturated heterocycles. The molecule has 2 aromatic rings. The number of aryl methyl sites for hydroxylation is 2. The average Bonchev–Trinajstić information content (AvgIpc) is 2.52. The van der Waals surface area contributed by atoms with Crippen LogP contribution in [0.15, 0.2) is 36.8 Å². The maximum absolute atomic E-state index is 11.7. The first-order valence-corrected chi connectivity index (χ1v) is 7.57. The summed E-state index contributed by atoms with van der Waals surface area (Å²) in [4.78, 5) is 19.8. The molecule has 0 fully saturated rings. The van der Waals surface area contributed by atoms with E-state index in [4.69, 9.17) is 0 Å². The fourth-order valence-electron chi connectivity index (χ4n) is 2.34. The third-order valence-electron chi connectivity index (χ3n) is 3.37. The van der Waals surface area contributed by atoms with E-state index in [1.807, 2.05) is 32.0 Å². The van der Waals surface area contributed by atoms with E-state index in [9.17, 15) is 9.90 Å². The Hall–Kier alpha value is -2.47. The van der Waals surface area contributed by atoms with Crippen LogP contribution in [0.5, 0.6) is 0 Å². The SMILES string of the molecule is Cc1cc(C)cc(C(O)CNC(=O)NCCc2cnccn2)c1. The van der Waals surface area contributed by atoms with Crippen molar-refractivity contribution < 1.29 is 9.90 Å². The highest BCUT2D eigenvalue weighted by Crippen LogP contribution is 2.16. The molecule has 1 heterocycles. The molecule has 0 radical (unpaired) electrons. The summed E-state index contributed by atoms with van der Waals surface area (Å²) in [6.45, 7) is 4.59. The van der Waals surface area contributed by atoms with Crippen LogP contribution >= 0.6 is 0 Å². The van der Waals surface area contributed by atoms with Gasteiger partial charge in [0.1, 0.15) is 0 Å². The monoisotopic (exact) mass is 314 g/mol. The highest BCUT2D eigenvalue weighted by Gasteiger charge is 2.10. The van der Waals surface area contributed by atoms with Crippen LogP contribution in [0.4, 0.5) is 4.79 Å². The number of benzene rings is 1. The summed E-state index contributed by atoms with van der Waals surface area (Å²) in [7, 11) is 0. The minimum Gasteiger partial charge on any atom is -0.387 e. The smallest absolute Gasteiger partial charge is 0.314 e. The van der Waals surface area contributed by atoms with E-state index in [1.54, 1.807) is 18.6 Å². The Labute approximate surface area is 136 Å². The van der Waals surface area contributed by atoms with Crippen molar-refractivity contribution in [2.75, 3.05) is 13.1 Å². The molecule has 0 aliphatic rings. The summed E-state index contributed by atoms with van der Waals surface area (Å²) in [6.07, 6.45) is 4.79. The second kappa shape index (κ2) is 8.24. The number of aromatic nitrogens is 2. The molecule has 6 heteroatoms. The summed E-state index contributed by atoms with van der Waals surface area (Å²) < 4.78 is 0. The van der Waals surface area contributed by atoms with Gasteiger partial charge in [0.2, 0.25) is 0 Å². The first kappa shape index (κ1) is 16.9. The Bertz CT molecular complexity index is 626. The lowest BCUT2D eigenvalue weighted by Gasteiger charge is -2.14. The average molecular weight is 314 g/mol. The van der Waals surface area contributed by atoms with Crippen molar-refractivity contribution in [1.29, 1.82) is 0 Å². The first-order chi connectivity index (χ1) is 11.0. The summed E-state index contributed by atoms with van der Waals surface area (Å²) in [6, 6.07) is 5.58. The number of aliphatic hydroxyl groups excluding tert-OH is 1. The molecule has 1 aromatic carbocycles. The van der Waals surface area contributed by atoms with E-state index in [0.29, 0.717) is 13.0 Å². The van der Waals surface area contributed by atoms with Gasteiger partial charge in [0.05, 0.1) is 11.8 Å². The maximum Gasteiger partial charge on any atom is 0.314 e. The number of hydrogen-bond acceptors (Lipinski definition) is 4. The predicted molar refractivity (Wildman–Crippen MR) is 88.0 cm³/mol. The largest absolute Gasteiger partial charge is 0.387 e. The molecule has 3 N–H and O–H groups in total. The van der Waals surface area contributed by atoms with Crippen LogP contribution in [0.2, 0.25) is 0 Å². The van der Waals surface area contributed by atoms with Crippen LogP contribution in [0.25, 0.3) is 0 Å². The molecule has 1 atom stereocenters. The summed E-state index contributed by atoms with van der Waals surface area (Å²) in [5, 5.41) is 15.6. The highest BCUT2D eigenvalue weighted by atomic mass is 16.3. The van der Waals surface area contributed by atoms with E-state index in [1.165, 1.54) is 0 Å². The summed E-state index contributed by atoms with van der Waals surface area (Å²) in [5.41, 5.74) is 3.81. The van der Waals surface area contributed by atoms with E-state index < -0.39 is 6.10 Å². The van der Waals surface area contributed by atoms with E-state index in [-0.39, 0.29) is 12.6 Å². The minimum absolute atomic E-state index is 0.167. The zero-order valence-corrected chi connectivity index (χ0v) is 13.4. The van der Waals surface area contributed by atoms with Crippen molar-refractivity contribution >= 4 is 6.03 Å². The molecule has 2 amide bonds. The lowest BCUT2D eigenvalue weighted by molar-refractivity contribution is 0.173. The molecule has 0 spiro atoms. The quantitative estimate of drug-likeness (QED) is 0.757. The number of nitrogens with one attached hydrogen (secondary N) is 2. The molecule has 1 aromatic heterocycles. The van der Waals surface area contributed by atoms with Crippen LogP contribution in [0.1, 0.15) is 28.5 Å². The van der Waals surface area contributed by atoms with Gasteiger partial charge in [-0.3, -0.25) is 9.97 Å². The Balaban J connectivity index is 1.73. The van der Waals surface area contributed by atoms with Crippen LogP contribution in [-0.2, 0) is 6.42 Å². The second-order valence-electron chi connectivity index (χ2n) is 5.52. The lowest BCUT2D eigenvalue weighted by Crippen LogP contribution is -2.38. The van der Waals surface area contributed by atoms with Crippen molar-refractivity contribution in [2.45, 2.75) is 26.4 Å². The van der Waals surface area contributed by atoms with Gasteiger partial charge in [-0.15, -0.1) is 0 Å². The van der Waals surface area contributed by atoms with Crippen LogP contribution in [0.3, 0.4) is 0 Å². The molecule has 0 aliphatic carbocycles. The fraction of sp³-hybridized carbons (Fsp3) is 0.353. The maximum atomic E-state index is 11.7. The van der Waals surface area contributed by atoms with Crippen LogP contribution < -0.4 is 10.6 Å². The topological polar surface area (TPSA) is 87.1 Å². The zero-order chi connectivity index (χ0) is 16.7. The Morgan fingerprint density at radius 1 is 1.17 bits per heavy atom. The molecule has 0 saturated carbocycles. The number of hydrogen-bond donors (Lipinski definition) is 3. The van der Waals surface area contributed by atoms with Gasteiger partial charge >= 0.3 is 6.03 Å². The molecule has 23 heavy (non-hydrogen) atoms. The Morgan fingerprint density at radius 2 is 1.91 bits per heavy atom. The number of rotatable bonds is 6. The zero-order valence-electron chi connectivity index (χ0n) is 13.4. The van der Waals surface area contributed by atoms with Gasteiger partial charge < -0.3 is 15.7 Å². The van der Waals surface area contributed by atoms with Gasteiger partial charge in [-0.05, 0) is 19.4 Å².